The molecule has 3 aromatic carbocycles. The molecule has 2 aromatic heterocycles. The Bertz CT molecular complexity index is 1840. The van der Waals surface area contributed by atoms with E-state index in [0.717, 1.165) is 22.0 Å². The van der Waals surface area contributed by atoms with Crippen molar-refractivity contribution in [1.29, 1.82) is 0 Å². The Morgan fingerprint density at radius 1 is 1.05 bits per heavy atom. The molecule has 7 nitrogen and oxygen atoms in total. The van der Waals surface area contributed by atoms with Crippen LogP contribution >= 0.6 is 11.6 Å². The standard InChI is InChI=1S/C31H25ClN2O5/c1-16-9-17(2)11-20(10-16)34-27(22-15-33(3)23-8-6-5-7-21(22)23)26(29(36)31(34)37)28(35)24-13-18-12-19(32)14-25(38-4)30(18)39-24/h5-15,27,36H,1-4H3. The van der Waals surface area contributed by atoms with Crippen LogP contribution in [-0.2, 0) is 11.8 Å². The summed E-state index contributed by atoms with van der Waals surface area (Å²) in [5.41, 5.74) is 4.43. The summed E-state index contributed by atoms with van der Waals surface area (Å²) in [6.45, 7) is 3.88. The third-order valence-electron chi connectivity index (χ3n) is 7.15. The van der Waals surface area contributed by atoms with Crippen molar-refractivity contribution in [3.05, 3.63) is 106 Å². The van der Waals surface area contributed by atoms with Crippen LogP contribution in [0, 0.1) is 13.8 Å². The van der Waals surface area contributed by atoms with Crippen molar-refractivity contribution < 1.29 is 23.8 Å². The topological polar surface area (TPSA) is 84.9 Å². The van der Waals surface area contributed by atoms with E-state index in [0.29, 0.717) is 33.0 Å². The smallest absolute Gasteiger partial charge is 0.294 e. The Kier molecular flexibility index (Phi) is 5.77. The van der Waals surface area contributed by atoms with E-state index in [9.17, 15) is 14.7 Å². The molecule has 39 heavy (non-hydrogen) atoms. The van der Waals surface area contributed by atoms with Gasteiger partial charge in [0.15, 0.2) is 22.9 Å². The highest BCUT2D eigenvalue weighted by atomic mass is 35.5. The van der Waals surface area contributed by atoms with Crippen molar-refractivity contribution >= 4 is 50.9 Å². The summed E-state index contributed by atoms with van der Waals surface area (Å²) in [7, 11) is 3.39. The van der Waals surface area contributed by atoms with E-state index in [2.05, 4.69) is 0 Å². The fourth-order valence-corrected chi connectivity index (χ4v) is 5.78. The van der Waals surface area contributed by atoms with E-state index in [1.807, 2.05) is 74.1 Å². The Labute approximate surface area is 229 Å². The molecule has 6 rings (SSSR count). The normalized spacial score (nSPS) is 15.7. The molecule has 1 unspecified atom stereocenters. The van der Waals surface area contributed by atoms with Crippen molar-refractivity contribution in [2.45, 2.75) is 19.9 Å². The summed E-state index contributed by atoms with van der Waals surface area (Å²) >= 11 is 6.22. The number of hydrogen-bond acceptors (Lipinski definition) is 5. The number of aromatic nitrogens is 1. The molecule has 196 valence electrons. The van der Waals surface area contributed by atoms with Gasteiger partial charge in [0.2, 0.25) is 5.78 Å². The molecular weight excluding hydrogens is 516 g/mol. The summed E-state index contributed by atoms with van der Waals surface area (Å²) in [5.74, 6) is -1.52. The first-order chi connectivity index (χ1) is 18.7. The fourth-order valence-electron chi connectivity index (χ4n) is 5.56. The maximum absolute atomic E-state index is 14.1. The number of halogens is 1. The Morgan fingerprint density at radius 3 is 2.49 bits per heavy atom. The lowest BCUT2D eigenvalue weighted by Gasteiger charge is -2.27. The molecule has 1 aliphatic heterocycles. The van der Waals surface area contributed by atoms with Crippen LogP contribution in [0.2, 0.25) is 5.02 Å². The first kappa shape index (κ1) is 24.8. The van der Waals surface area contributed by atoms with Crippen LogP contribution in [0.5, 0.6) is 5.75 Å². The number of anilines is 1. The van der Waals surface area contributed by atoms with Gasteiger partial charge in [0.05, 0.1) is 18.7 Å². The van der Waals surface area contributed by atoms with Crippen molar-refractivity contribution in [1.82, 2.24) is 4.57 Å². The number of fused-ring (bicyclic) bond motifs is 2. The maximum Gasteiger partial charge on any atom is 0.294 e. The average molecular weight is 541 g/mol. The average Bonchev–Trinajstić information content (AvgIpc) is 3.55. The monoisotopic (exact) mass is 540 g/mol. The highest BCUT2D eigenvalue weighted by molar-refractivity contribution is 6.31. The number of carbonyl (C=O) groups excluding carboxylic acids is 2. The number of hydrogen-bond donors (Lipinski definition) is 1. The van der Waals surface area contributed by atoms with Crippen LogP contribution in [0.1, 0.15) is 33.3 Å². The lowest BCUT2D eigenvalue weighted by Crippen LogP contribution is -2.31. The summed E-state index contributed by atoms with van der Waals surface area (Å²) in [4.78, 5) is 29.3. The van der Waals surface area contributed by atoms with Crippen molar-refractivity contribution in [2.24, 2.45) is 7.05 Å². The largest absolute Gasteiger partial charge is 0.503 e. The lowest BCUT2D eigenvalue weighted by atomic mass is 9.94. The minimum Gasteiger partial charge on any atom is -0.503 e. The molecule has 0 bridgehead atoms. The second-order valence-corrected chi connectivity index (χ2v) is 10.3. The second kappa shape index (κ2) is 9.06. The van der Waals surface area contributed by atoms with Gasteiger partial charge in [-0.1, -0.05) is 35.9 Å². The van der Waals surface area contributed by atoms with Crippen molar-refractivity contribution in [2.75, 3.05) is 12.0 Å². The number of para-hydroxylation sites is 1. The zero-order valence-electron chi connectivity index (χ0n) is 21.8. The van der Waals surface area contributed by atoms with E-state index < -0.39 is 23.5 Å². The zero-order valence-corrected chi connectivity index (χ0v) is 22.5. The summed E-state index contributed by atoms with van der Waals surface area (Å²) in [6.07, 6.45) is 1.89. The summed E-state index contributed by atoms with van der Waals surface area (Å²) < 4.78 is 13.3. The molecule has 0 fully saturated rings. The quantitative estimate of drug-likeness (QED) is 0.243. The molecule has 1 amide bonds. The predicted molar refractivity (Wildman–Crippen MR) is 151 cm³/mol. The molecule has 0 radical (unpaired) electrons. The van der Waals surface area contributed by atoms with Gasteiger partial charge in [-0.25, -0.2) is 0 Å². The summed E-state index contributed by atoms with van der Waals surface area (Å²) in [6, 6.07) is 17.4. The van der Waals surface area contributed by atoms with Crippen molar-refractivity contribution in [3.63, 3.8) is 0 Å². The van der Waals surface area contributed by atoms with Gasteiger partial charge in [-0.05, 0) is 55.3 Å². The number of benzene rings is 3. The molecule has 1 aliphatic rings. The van der Waals surface area contributed by atoms with Gasteiger partial charge in [0.1, 0.15) is 0 Å². The highest BCUT2D eigenvalue weighted by Gasteiger charge is 2.46. The third-order valence-corrected chi connectivity index (χ3v) is 7.37. The van der Waals surface area contributed by atoms with Gasteiger partial charge in [-0.3, -0.25) is 14.5 Å². The number of amides is 1. The van der Waals surface area contributed by atoms with Crippen LogP contribution in [0.15, 0.2) is 82.6 Å². The number of aliphatic hydroxyl groups is 1. The van der Waals surface area contributed by atoms with Crippen LogP contribution in [0.4, 0.5) is 5.69 Å². The molecular formula is C31H25ClN2O5. The summed E-state index contributed by atoms with van der Waals surface area (Å²) in [5, 5.41) is 13.1. The molecule has 1 atom stereocenters. The van der Waals surface area contributed by atoms with Gasteiger partial charge in [-0.2, -0.15) is 0 Å². The first-order valence-corrected chi connectivity index (χ1v) is 12.8. The Balaban J connectivity index is 1.58. The van der Waals surface area contributed by atoms with Gasteiger partial charge in [0, 0.05) is 51.9 Å². The maximum atomic E-state index is 14.1. The molecule has 8 heteroatoms. The number of carbonyl (C=O) groups is 2. The number of furan rings is 1. The molecule has 0 saturated heterocycles. The number of aryl methyl sites for hydroxylation is 3. The molecule has 3 heterocycles. The molecule has 0 spiro atoms. The highest BCUT2D eigenvalue weighted by Crippen LogP contribution is 2.45. The SMILES string of the molecule is COc1cc(Cl)cc2cc(C(=O)C3=C(O)C(=O)N(c4cc(C)cc(C)c4)C3c3cn(C)c4ccccc34)oc12. The fraction of sp³-hybridized carbons (Fsp3) is 0.161. The van der Waals surface area contributed by atoms with Gasteiger partial charge in [-0.15, -0.1) is 0 Å². The molecule has 0 aliphatic carbocycles. The number of ether oxygens (including phenoxy) is 1. The van der Waals surface area contributed by atoms with Gasteiger partial charge < -0.3 is 18.8 Å². The molecule has 5 aromatic rings. The van der Waals surface area contributed by atoms with Crippen LogP contribution in [-0.4, -0.2) is 28.5 Å². The van der Waals surface area contributed by atoms with Gasteiger partial charge in [0.25, 0.3) is 5.91 Å². The Hall–Kier alpha value is -4.49. The number of ketones is 1. The molecule has 1 N–H and O–H groups in total. The van der Waals surface area contributed by atoms with E-state index in [4.69, 9.17) is 20.8 Å². The van der Waals surface area contributed by atoms with Gasteiger partial charge >= 0.3 is 0 Å². The second-order valence-electron chi connectivity index (χ2n) is 9.86. The molecule has 0 saturated carbocycles. The number of methoxy groups -OCH3 is 1. The minimum atomic E-state index is -0.893. The number of Topliss-reactive ketones (excluding diaryl/α,β-unsaturated/α-hetero) is 1. The first-order valence-electron chi connectivity index (χ1n) is 12.4. The van der Waals surface area contributed by atoms with E-state index in [1.54, 1.807) is 18.2 Å². The number of rotatable bonds is 5. The van der Waals surface area contributed by atoms with E-state index >= 15 is 0 Å². The van der Waals surface area contributed by atoms with Crippen LogP contribution in [0.25, 0.3) is 21.9 Å². The lowest BCUT2D eigenvalue weighted by molar-refractivity contribution is -0.117. The van der Waals surface area contributed by atoms with Crippen molar-refractivity contribution in [3.8, 4) is 5.75 Å². The third kappa shape index (κ3) is 3.89. The zero-order chi connectivity index (χ0) is 27.6. The minimum absolute atomic E-state index is 0.0348. The van der Waals surface area contributed by atoms with Crippen LogP contribution in [0.3, 0.4) is 0 Å². The number of aliphatic hydroxyl groups excluding tert-OH is 1. The number of nitrogens with zero attached hydrogens (tertiary/aromatic N) is 2. The Morgan fingerprint density at radius 2 is 1.77 bits per heavy atom. The van der Waals surface area contributed by atoms with Crippen LogP contribution < -0.4 is 9.64 Å². The van der Waals surface area contributed by atoms with E-state index in [-0.39, 0.29) is 11.3 Å². The predicted octanol–water partition coefficient (Wildman–Crippen LogP) is 6.99. The van der Waals surface area contributed by atoms with E-state index in [1.165, 1.54) is 12.0 Å².